The molecule has 0 saturated carbocycles. The third kappa shape index (κ3) is 3.36. The normalized spacial score (nSPS) is 13.3. The summed E-state index contributed by atoms with van der Waals surface area (Å²) in [5.74, 6) is 0.911. The van der Waals surface area contributed by atoms with Gasteiger partial charge >= 0.3 is 20.4 Å². The van der Waals surface area contributed by atoms with Crippen molar-refractivity contribution in [2.24, 2.45) is 0 Å². The molecule has 4 heterocycles. The first kappa shape index (κ1) is 13.6. The fraction of sp³-hybridized carbons (Fsp3) is 0.158. The van der Waals surface area contributed by atoms with Crippen molar-refractivity contribution in [2.45, 2.75) is 19.3 Å². The van der Waals surface area contributed by atoms with Crippen LogP contribution in [-0.4, -0.2) is 29.5 Å². The number of rotatable bonds is 4. The standard InChI is InChI=1S/C19H16N6.Pd/c1-19(2,15-7-3-9-17(22-15)24-13-5-11-20-24)16-8-4-10-18(23-16)25-14-6-12-21-25;/h3-12H,1-2H3;/q-2;+2/i5D,6D,11D,12D;. The van der Waals surface area contributed by atoms with Crippen LogP contribution in [0.3, 0.4) is 0 Å². The molecule has 0 radical (unpaired) electrons. The summed E-state index contributed by atoms with van der Waals surface area (Å²) in [5.41, 5.74) is 0.842. The van der Waals surface area contributed by atoms with Crippen molar-refractivity contribution in [1.29, 1.82) is 0 Å². The zero-order chi connectivity index (χ0) is 20.8. The van der Waals surface area contributed by atoms with Gasteiger partial charge in [0.05, 0.1) is 11.6 Å². The molecular weight excluding hydrogens is 419 g/mol. The molecule has 0 saturated heterocycles. The molecule has 0 atom stereocenters. The molecular formula is C19H16N6Pd. The number of aromatic nitrogens is 6. The fourth-order valence-corrected chi connectivity index (χ4v) is 2.48. The quantitative estimate of drug-likeness (QED) is 0.363. The smallest absolute Gasteiger partial charge is 0.344 e. The van der Waals surface area contributed by atoms with Crippen LogP contribution in [0.2, 0.25) is 0 Å². The Morgan fingerprint density at radius 2 is 1.31 bits per heavy atom. The van der Waals surface area contributed by atoms with Crippen LogP contribution in [0.1, 0.15) is 30.7 Å². The molecule has 0 aliphatic rings. The van der Waals surface area contributed by atoms with Crippen LogP contribution in [0.4, 0.5) is 0 Å². The molecule has 4 rings (SSSR count). The largest absolute Gasteiger partial charge is 2.00 e. The zero-order valence-corrected chi connectivity index (χ0v) is 15.5. The fourth-order valence-electron chi connectivity index (χ4n) is 2.48. The molecule has 26 heavy (non-hydrogen) atoms. The molecule has 0 spiro atoms. The summed E-state index contributed by atoms with van der Waals surface area (Å²) in [6, 6.07) is 10.7. The molecule has 4 aromatic rings. The van der Waals surface area contributed by atoms with E-state index in [4.69, 9.17) is 5.48 Å². The maximum absolute atomic E-state index is 7.62. The summed E-state index contributed by atoms with van der Waals surface area (Å²) < 4.78 is 33.0. The Labute approximate surface area is 171 Å². The van der Waals surface area contributed by atoms with Crippen molar-refractivity contribution in [1.82, 2.24) is 29.5 Å². The summed E-state index contributed by atoms with van der Waals surface area (Å²) in [6.07, 6.45) is 5.02. The van der Waals surface area contributed by atoms with E-state index in [0.29, 0.717) is 23.0 Å². The number of hydrogen-bond donors (Lipinski definition) is 0. The van der Waals surface area contributed by atoms with Gasteiger partial charge in [0, 0.05) is 19.5 Å². The Bertz CT molecular complexity index is 1070. The third-order valence-electron chi connectivity index (χ3n) is 3.92. The minimum absolute atomic E-state index is 0. The van der Waals surface area contributed by atoms with E-state index in [1.54, 1.807) is 12.1 Å². The van der Waals surface area contributed by atoms with E-state index in [2.05, 4.69) is 32.6 Å². The molecule has 6 nitrogen and oxygen atoms in total. The maximum atomic E-state index is 7.62. The minimum Gasteiger partial charge on any atom is -0.344 e. The summed E-state index contributed by atoms with van der Waals surface area (Å²) in [7, 11) is 0. The summed E-state index contributed by atoms with van der Waals surface area (Å²) in [6.45, 7) is 3.95. The van der Waals surface area contributed by atoms with Gasteiger partial charge in [-0.3, -0.25) is 20.2 Å². The van der Waals surface area contributed by atoms with Gasteiger partial charge < -0.3 is 9.36 Å². The van der Waals surface area contributed by atoms with E-state index in [-0.39, 0.29) is 44.9 Å². The Morgan fingerprint density at radius 3 is 1.69 bits per heavy atom. The van der Waals surface area contributed by atoms with Gasteiger partial charge in [0.25, 0.3) is 0 Å². The molecule has 0 N–H and O–H groups in total. The van der Waals surface area contributed by atoms with Gasteiger partial charge in [-0.25, -0.2) is 0 Å². The molecule has 0 aromatic carbocycles. The zero-order valence-electron chi connectivity index (χ0n) is 18.0. The second-order valence-corrected chi connectivity index (χ2v) is 5.91. The van der Waals surface area contributed by atoms with Gasteiger partial charge in [-0.05, 0) is 28.7 Å². The van der Waals surface area contributed by atoms with E-state index in [0.717, 1.165) is 0 Å². The van der Waals surface area contributed by atoms with Crippen molar-refractivity contribution in [3.8, 4) is 11.6 Å². The molecule has 4 aromatic heterocycles. The molecule has 0 aliphatic carbocycles. The predicted octanol–water partition coefficient (Wildman–Crippen LogP) is 2.77. The summed E-state index contributed by atoms with van der Waals surface area (Å²) in [4.78, 5) is 9.28. The molecule has 0 unspecified atom stereocenters. The minimum atomic E-state index is -0.590. The second-order valence-electron chi connectivity index (χ2n) is 5.91. The average molecular weight is 439 g/mol. The first-order chi connectivity index (χ1) is 13.8. The topological polar surface area (TPSA) is 61.4 Å². The number of nitrogens with zero attached hydrogens (tertiary/aromatic N) is 6. The number of hydrogen-bond acceptors (Lipinski definition) is 4. The Kier molecular flexibility index (Phi) is 3.82. The first-order valence-electron chi connectivity index (χ1n) is 9.62. The Morgan fingerprint density at radius 1 is 0.846 bits per heavy atom. The van der Waals surface area contributed by atoms with E-state index in [1.807, 2.05) is 38.1 Å². The summed E-state index contributed by atoms with van der Waals surface area (Å²) in [5, 5.41) is 7.90. The van der Waals surface area contributed by atoms with Crippen LogP contribution >= 0.6 is 0 Å². The van der Waals surface area contributed by atoms with Crippen molar-refractivity contribution in [2.75, 3.05) is 0 Å². The molecule has 0 aliphatic heterocycles. The van der Waals surface area contributed by atoms with Crippen LogP contribution in [0.15, 0.2) is 60.8 Å². The van der Waals surface area contributed by atoms with Crippen LogP contribution in [-0.2, 0) is 25.8 Å². The van der Waals surface area contributed by atoms with Gasteiger partial charge in [-0.1, -0.05) is 49.0 Å². The van der Waals surface area contributed by atoms with Crippen LogP contribution in [0, 0.1) is 12.4 Å². The van der Waals surface area contributed by atoms with Crippen LogP contribution < -0.4 is 0 Å². The summed E-state index contributed by atoms with van der Waals surface area (Å²) >= 11 is 0. The van der Waals surface area contributed by atoms with Crippen molar-refractivity contribution < 1.29 is 25.9 Å². The van der Waals surface area contributed by atoms with Crippen LogP contribution in [0.25, 0.3) is 11.6 Å². The monoisotopic (exact) mass is 438 g/mol. The predicted molar refractivity (Wildman–Crippen MR) is 92.5 cm³/mol. The van der Waals surface area contributed by atoms with E-state index in [9.17, 15) is 0 Å². The van der Waals surface area contributed by atoms with Gasteiger partial charge in [-0.2, -0.15) is 0 Å². The average Bonchev–Trinajstić information content (AvgIpc) is 3.23. The SMILES string of the molecule is [2H]c1[c-]n(-c2cccc(C(C)(C)c3cccc(-n4[c-]c([2H])c([2H])n4)n3)n2)nc1[2H].[Pd+2]. The van der Waals surface area contributed by atoms with Gasteiger partial charge in [0.2, 0.25) is 0 Å². The molecule has 0 bridgehead atoms. The molecule has 0 amide bonds. The molecule has 0 fully saturated rings. The molecule has 132 valence electrons. The van der Waals surface area contributed by atoms with Gasteiger partial charge in [-0.15, -0.1) is 12.1 Å². The molecule has 7 heteroatoms. The van der Waals surface area contributed by atoms with E-state index >= 15 is 0 Å². The maximum Gasteiger partial charge on any atom is 2.00 e. The van der Waals surface area contributed by atoms with Crippen molar-refractivity contribution in [3.63, 3.8) is 0 Å². The Hall–Kier alpha value is -2.62. The van der Waals surface area contributed by atoms with Crippen molar-refractivity contribution >= 4 is 0 Å². The van der Waals surface area contributed by atoms with Gasteiger partial charge in [0.1, 0.15) is 0 Å². The first-order valence-corrected chi connectivity index (χ1v) is 7.62. The van der Waals surface area contributed by atoms with E-state index in [1.165, 1.54) is 9.36 Å². The third-order valence-corrected chi connectivity index (χ3v) is 3.92. The Balaban J connectivity index is 0.00000256. The van der Waals surface area contributed by atoms with Crippen LogP contribution in [0.5, 0.6) is 0 Å². The number of pyridine rings is 2. The van der Waals surface area contributed by atoms with Gasteiger partial charge in [0.15, 0.2) is 0 Å². The van der Waals surface area contributed by atoms with Crippen molar-refractivity contribution in [3.05, 3.63) is 84.6 Å². The second kappa shape index (κ2) is 7.32. The van der Waals surface area contributed by atoms with E-state index < -0.39 is 5.41 Å².